The number of likely N-dealkylation sites (tertiary alicyclic amines) is 1. The molecule has 1 aliphatic rings. The van der Waals surface area contributed by atoms with Gasteiger partial charge in [0.05, 0.1) is 17.9 Å². The van der Waals surface area contributed by atoms with E-state index in [0.29, 0.717) is 23.8 Å². The Morgan fingerprint density at radius 3 is 3.00 bits per heavy atom. The third-order valence-electron chi connectivity index (χ3n) is 3.74. The first kappa shape index (κ1) is 14.8. The van der Waals surface area contributed by atoms with Crippen molar-refractivity contribution >= 4 is 17.3 Å². The number of hydrogen-bond acceptors (Lipinski definition) is 4. The van der Waals surface area contributed by atoms with Crippen LogP contribution in [0.25, 0.3) is 0 Å². The van der Waals surface area contributed by atoms with E-state index in [1.54, 1.807) is 12.1 Å². The van der Waals surface area contributed by atoms with Gasteiger partial charge in [-0.25, -0.2) is 0 Å². The average Bonchev–Trinajstić information content (AvgIpc) is 2.42. The van der Waals surface area contributed by atoms with Crippen molar-refractivity contribution in [3.63, 3.8) is 0 Å². The van der Waals surface area contributed by atoms with Crippen LogP contribution in [0, 0.1) is 5.92 Å². The van der Waals surface area contributed by atoms with Gasteiger partial charge in [0.2, 0.25) is 5.91 Å². The fourth-order valence-corrected chi connectivity index (χ4v) is 2.72. The number of piperidine rings is 1. The molecule has 1 amide bonds. The number of nitrogens with zero attached hydrogens (tertiary/aromatic N) is 1. The lowest BCUT2D eigenvalue weighted by atomic mass is 9.95. The number of hydrogen-bond donors (Lipinski definition) is 3. The number of nitrogens with one attached hydrogen (secondary N) is 1. The standard InChI is InChI=1S/C15H23N3O2/c16-13-5-1-2-6-14(13)17-15(20)11-18-8-3-4-12(10-18)7-9-19/h1-2,5-6,12,19H,3-4,7-11,16H2,(H,17,20). The molecule has 1 aromatic rings. The molecule has 1 aromatic carbocycles. The molecule has 1 fully saturated rings. The third kappa shape index (κ3) is 4.21. The highest BCUT2D eigenvalue weighted by molar-refractivity contribution is 5.95. The van der Waals surface area contributed by atoms with Crippen molar-refractivity contribution in [2.45, 2.75) is 19.3 Å². The van der Waals surface area contributed by atoms with Crippen LogP contribution in [0.1, 0.15) is 19.3 Å². The molecule has 0 aromatic heterocycles. The number of nitrogens with two attached hydrogens (primary N) is 1. The highest BCUT2D eigenvalue weighted by Crippen LogP contribution is 2.20. The topological polar surface area (TPSA) is 78.6 Å². The summed E-state index contributed by atoms with van der Waals surface area (Å²) in [7, 11) is 0. The van der Waals surface area contributed by atoms with Gasteiger partial charge < -0.3 is 16.2 Å². The number of nitrogen functional groups attached to an aromatic ring is 1. The van der Waals surface area contributed by atoms with E-state index in [1.165, 1.54) is 0 Å². The minimum absolute atomic E-state index is 0.0347. The fourth-order valence-electron chi connectivity index (χ4n) is 2.72. The lowest BCUT2D eigenvalue weighted by Gasteiger charge is -2.31. The number of aliphatic hydroxyl groups excluding tert-OH is 1. The molecule has 0 aliphatic carbocycles. The van der Waals surface area contributed by atoms with Crippen LogP contribution in [0.5, 0.6) is 0 Å². The van der Waals surface area contributed by atoms with Gasteiger partial charge in [-0.05, 0) is 43.9 Å². The van der Waals surface area contributed by atoms with Crippen LogP contribution in [0.3, 0.4) is 0 Å². The monoisotopic (exact) mass is 277 g/mol. The van der Waals surface area contributed by atoms with Crippen LogP contribution in [0.2, 0.25) is 0 Å². The first-order chi connectivity index (χ1) is 9.69. The molecule has 0 spiro atoms. The Labute approximate surface area is 119 Å². The van der Waals surface area contributed by atoms with Gasteiger partial charge in [0.25, 0.3) is 0 Å². The number of rotatable bonds is 5. The quantitative estimate of drug-likeness (QED) is 0.709. The highest BCUT2D eigenvalue weighted by atomic mass is 16.3. The molecule has 20 heavy (non-hydrogen) atoms. The second-order valence-electron chi connectivity index (χ2n) is 5.39. The van der Waals surface area contributed by atoms with Crippen molar-refractivity contribution in [2.75, 3.05) is 37.3 Å². The second-order valence-corrected chi connectivity index (χ2v) is 5.39. The first-order valence-electron chi connectivity index (χ1n) is 7.16. The predicted octanol–water partition coefficient (Wildman–Crippen LogP) is 1.30. The lowest BCUT2D eigenvalue weighted by Crippen LogP contribution is -2.40. The molecule has 1 saturated heterocycles. The number of carbonyl (C=O) groups is 1. The smallest absolute Gasteiger partial charge is 0.238 e. The van der Waals surface area contributed by atoms with Crippen molar-refractivity contribution in [2.24, 2.45) is 5.92 Å². The molecule has 1 heterocycles. The number of aliphatic hydroxyl groups is 1. The predicted molar refractivity (Wildman–Crippen MR) is 80.4 cm³/mol. The molecular formula is C15H23N3O2. The van der Waals surface area contributed by atoms with Gasteiger partial charge >= 0.3 is 0 Å². The number of anilines is 2. The normalized spacial score (nSPS) is 19.8. The van der Waals surface area contributed by atoms with E-state index in [4.69, 9.17) is 10.8 Å². The summed E-state index contributed by atoms with van der Waals surface area (Å²) in [6.07, 6.45) is 3.06. The molecule has 4 N–H and O–H groups in total. The summed E-state index contributed by atoms with van der Waals surface area (Å²) in [5, 5.41) is 11.8. The van der Waals surface area contributed by atoms with Gasteiger partial charge in [-0.3, -0.25) is 9.69 Å². The van der Waals surface area contributed by atoms with Crippen LogP contribution in [0.4, 0.5) is 11.4 Å². The van der Waals surface area contributed by atoms with Crippen molar-refractivity contribution in [3.05, 3.63) is 24.3 Å². The van der Waals surface area contributed by atoms with Gasteiger partial charge in [-0.15, -0.1) is 0 Å². The molecule has 2 rings (SSSR count). The van der Waals surface area contributed by atoms with Crippen LogP contribution >= 0.6 is 0 Å². The Hall–Kier alpha value is -1.59. The molecule has 5 nitrogen and oxygen atoms in total. The van der Waals surface area contributed by atoms with E-state index in [1.807, 2.05) is 12.1 Å². The van der Waals surface area contributed by atoms with E-state index >= 15 is 0 Å². The first-order valence-corrected chi connectivity index (χ1v) is 7.16. The molecule has 0 bridgehead atoms. The van der Waals surface area contributed by atoms with Gasteiger partial charge in [0.15, 0.2) is 0 Å². The molecule has 110 valence electrons. The summed E-state index contributed by atoms with van der Waals surface area (Å²) in [5.74, 6) is 0.468. The number of benzene rings is 1. The minimum atomic E-state index is -0.0347. The Morgan fingerprint density at radius 1 is 1.45 bits per heavy atom. The summed E-state index contributed by atoms with van der Waals surface area (Å²) in [4.78, 5) is 14.2. The van der Waals surface area contributed by atoms with Crippen LogP contribution in [-0.4, -0.2) is 42.2 Å². The maximum Gasteiger partial charge on any atom is 0.238 e. The van der Waals surface area contributed by atoms with Crippen LogP contribution in [-0.2, 0) is 4.79 Å². The largest absolute Gasteiger partial charge is 0.397 e. The molecule has 0 saturated carbocycles. The van der Waals surface area contributed by atoms with Crippen LogP contribution in [0.15, 0.2) is 24.3 Å². The zero-order valence-corrected chi connectivity index (χ0v) is 11.7. The zero-order chi connectivity index (χ0) is 14.4. The van der Waals surface area contributed by atoms with Gasteiger partial charge in [-0.2, -0.15) is 0 Å². The minimum Gasteiger partial charge on any atom is -0.397 e. The molecule has 1 aliphatic heterocycles. The summed E-state index contributed by atoms with van der Waals surface area (Å²) in [5.41, 5.74) is 7.06. The molecule has 0 radical (unpaired) electrons. The van der Waals surface area contributed by atoms with Crippen molar-refractivity contribution in [1.29, 1.82) is 0 Å². The van der Waals surface area contributed by atoms with E-state index in [9.17, 15) is 4.79 Å². The second kappa shape index (κ2) is 7.26. The highest BCUT2D eigenvalue weighted by Gasteiger charge is 2.21. The van der Waals surface area contributed by atoms with E-state index in [-0.39, 0.29) is 12.5 Å². The van der Waals surface area contributed by atoms with Crippen molar-refractivity contribution in [3.8, 4) is 0 Å². The summed E-state index contributed by atoms with van der Waals surface area (Å²) in [6, 6.07) is 7.27. The molecule has 5 heteroatoms. The average molecular weight is 277 g/mol. The van der Waals surface area contributed by atoms with Gasteiger partial charge in [-0.1, -0.05) is 12.1 Å². The lowest BCUT2D eigenvalue weighted by molar-refractivity contribution is -0.117. The number of amides is 1. The SMILES string of the molecule is Nc1ccccc1NC(=O)CN1CCCC(CCO)C1. The molecule has 1 unspecified atom stereocenters. The number of carbonyl (C=O) groups excluding carboxylic acids is 1. The molecular weight excluding hydrogens is 254 g/mol. The summed E-state index contributed by atoms with van der Waals surface area (Å²) >= 11 is 0. The number of para-hydroxylation sites is 2. The van der Waals surface area contributed by atoms with Gasteiger partial charge in [0.1, 0.15) is 0 Å². The summed E-state index contributed by atoms with van der Waals surface area (Å²) in [6.45, 7) is 2.44. The van der Waals surface area contributed by atoms with E-state index < -0.39 is 0 Å². The Kier molecular flexibility index (Phi) is 5.38. The van der Waals surface area contributed by atoms with Crippen molar-refractivity contribution in [1.82, 2.24) is 4.90 Å². The Bertz CT molecular complexity index is 448. The summed E-state index contributed by atoms with van der Waals surface area (Å²) < 4.78 is 0. The maximum absolute atomic E-state index is 12.0. The van der Waals surface area contributed by atoms with Crippen molar-refractivity contribution < 1.29 is 9.90 Å². The van der Waals surface area contributed by atoms with Gasteiger partial charge in [0, 0.05) is 13.2 Å². The van der Waals surface area contributed by atoms with E-state index in [0.717, 1.165) is 32.4 Å². The Balaban J connectivity index is 1.84. The molecule has 1 atom stereocenters. The van der Waals surface area contributed by atoms with E-state index in [2.05, 4.69) is 10.2 Å². The maximum atomic E-state index is 12.0. The van der Waals surface area contributed by atoms with Crippen LogP contribution < -0.4 is 11.1 Å². The Morgan fingerprint density at radius 2 is 2.25 bits per heavy atom. The third-order valence-corrected chi connectivity index (χ3v) is 3.74. The zero-order valence-electron chi connectivity index (χ0n) is 11.7. The fraction of sp³-hybridized carbons (Fsp3) is 0.533.